The number of carbonyl (C=O) groups is 1. The van der Waals surface area contributed by atoms with E-state index in [1.165, 1.54) is 4.90 Å². The van der Waals surface area contributed by atoms with Crippen LogP contribution in [0.3, 0.4) is 0 Å². The third-order valence-corrected chi connectivity index (χ3v) is 3.84. The summed E-state index contributed by atoms with van der Waals surface area (Å²) in [7, 11) is 0. The van der Waals surface area contributed by atoms with Gasteiger partial charge in [-0.15, -0.1) is 0 Å². The highest BCUT2D eigenvalue weighted by atomic mass is 19.4. The largest absolute Gasteiger partial charge is 0.444 e. The molecular formula is C17H20F6N2O2. The minimum absolute atomic E-state index is 0.0813. The van der Waals surface area contributed by atoms with Gasteiger partial charge in [-0.25, -0.2) is 4.79 Å². The molecule has 1 N–H and O–H groups in total. The molecule has 0 spiro atoms. The highest BCUT2D eigenvalue weighted by Crippen LogP contribution is 2.37. The summed E-state index contributed by atoms with van der Waals surface area (Å²) >= 11 is 0. The summed E-state index contributed by atoms with van der Waals surface area (Å²) in [6.07, 6.45) is -10.5. The van der Waals surface area contributed by atoms with Gasteiger partial charge in [-0.2, -0.15) is 26.3 Å². The highest BCUT2D eigenvalue weighted by Gasteiger charge is 2.38. The zero-order valence-corrected chi connectivity index (χ0v) is 15.0. The Kier molecular flexibility index (Phi) is 5.70. The molecule has 1 aliphatic heterocycles. The lowest BCUT2D eigenvalue weighted by molar-refractivity contribution is -0.143. The Labute approximate surface area is 152 Å². The third-order valence-electron chi connectivity index (χ3n) is 3.84. The molecule has 2 rings (SSSR count). The molecule has 1 unspecified atom stereocenters. The normalized spacial score (nSPS) is 19.1. The molecule has 0 saturated carbocycles. The number of ether oxygens (including phenoxy) is 1. The maximum atomic E-state index is 13.0. The van der Waals surface area contributed by atoms with Gasteiger partial charge < -0.3 is 15.0 Å². The molecule has 1 fully saturated rings. The third kappa shape index (κ3) is 5.75. The Hall–Kier alpha value is -1.97. The van der Waals surface area contributed by atoms with Crippen molar-refractivity contribution in [3.05, 3.63) is 34.9 Å². The molecule has 1 aliphatic rings. The molecule has 1 aromatic carbocycles. The van der Waals surface area contributed by atoms with Gasteiger partial charge in [0.15, 0.2) is 0 Å². The number of piperazine rings is 1. The van der Waals surface area contributed by atoms with Crippen molar-refractivity contribution in [2.75, 3.05) is 19.6 Å². The van der Waals surface area contributed by atoms with E-state index < -0.39 is 41.2 Å². The minimum atomic E-state index is -4.92. The summed E-state index contributed by atoms with van der Waals surface area (Å²) in [5.41, 5.74) is -3.73. The first-order valence-corrected chi connectivity index (χ1v) is 8.17. The van der Waals surface area contributed by atoms with Gasteiger partial charge in [-0.3, -0.25) is 0 Å². The smallest absolute Gasteiger partial charge is 0.416 e. The second-order valence-corrected chi connectivity index (χ2v) is 7.27. The molecule has 10 heteroatoms. The molecule has 0 aromatic heterocycles. The molecule has 1 amide bonds. The van der Waals surface area contributed by atoms with Crippen LogP contribution in [0.1, 0.15) is 43.5 Å². The summed E-state index contributed by atoms with van der Waals surface area (Å²) in [5, 5.41) is 2.86. The molecule has 1 saturated heterocycles. The van der Waals surface area contributed by atoms with Gasteiger partial charge in [0.1, 0.15) is 5.60 Å². The van der Waals surface area contributed by atoms with E-state index in [0.29, 0.717) is 12.1 Å². The summed E-state index contributed by atoms with van der Waals surface area (Å²) < 4.78 is 83.3. The van der Waals surface area contributed by atoms with Crippen molar-refractivity contribution in [1.82, 2.24) is 10.2 Å². The predicted octanol–water partition coefficient (Wildman–Crippen LogP) is 4.61. The van der Waals surface area contributed by atoms with Gasteiger partial charge in [-0.05, 0) is 44.5 Å². The molecule has 4 nitrogen and oxygen atoms in total. The first-order valence-electron chi connectivity index (χ1n) is 8.17. The first kappa shape index (κ1) is 21.3. The SMILES string of the molecule is CC(C)(C)OC(=O)N1CCNC(c2cc(C(F)(F)F)cc(C(F)(F)F)c2)C1. The fourth-order valence-corrected chi connectivity index (χ4v) is 2.65. The number of halogens is 6. The molecule has 1 aromatic rings. The van der Waals surface area contributed by atoms with Crippen LogP contribution in [0.4, 0.5) is 31.1 Å². The molecular weight excluding hydrogens is 378 g/mol. The second-order valence-electron chi connectivity index (χ2n) is 7.27. The van der Waals surface area contributed by atoms with E-state index in [-0.39, 0.29) is 31.3 Å². The highest BCUT2D eigenvalue weighted by molar-refractivity contribution is 5.68. The first-order chi connectivity index (χ1) is 12.2. The number of nitrogens with zero attached hydrogens (tertiary/aromatic N) is 1. The molecule has 0 bridgehead atoms. The second kappa shape index (κ2) is 7.21. The van der Waals surface area contributed by atoms with Crippen LogP contribution in [-0.2, 0) is 17.1 Å². The van der Waals surface area contributed by atoms with Gasteiger partial charge in [-0.1, -0.05) is 0 Å². The fourth-order valence-electron chi connectivity index (χ4n) is 2.65. The van der Waals surface area contributed by atoms with E-state index >= 15 is 0 Å². The van der Waals surface area contributed by atoms with Crippen LogP contribution in [0.15, 0.2) is 18.2 Å². The predicted molar refractivity (Wildman–Crippen MR) is 85.0 cm³/mol. The van der Waals surface area contributed by atoms with E-state index in [0.717, 1.165) is 0 Å². The van der Waals surface area contributed by atoms with Gasteiger partial charge in [0.05, 0.1) is 17.2 Å². The van der Waals surface area contributed by atoms with Gasteiger partial charge in [0, 0.05) is 19.6 Å². The average Bonchev–Trinajstić information content (AvgIpc) is 2.51. The molecule has 0 aliphatic carbocycles. The standard InChI is InChI=1S/C17H20F6N2O2/c1-15(2,3)27-14(26)25-5-4-24-13(9-25)10-6-11(16(18,19)20)8-12(7-10)17(21,22)23/h6-8,13,24H,4-5,9H2,1-3H3. The van der Waals surface area contributed by atoms with E-state index in [1.54, 1.807) is 20.8 Å². The number of nitrogens with one attached hydrogen (secondary N) is 1. The Morgan fingerprint density at radius 1 is 1.04 bits per heavy atom. The summed E-state index contributed by atoms with van der Waals surface area (Å²) in [6.45, 7) is 5.32. The Balaban J connectivity index is 2.32. The van der Waals surface area contributed by atoms with E-state index in [9.17, 15) is 31.1 Å². The van der Waals surface area contributed by atoms with Crippen LogP contribution in [-0.4, -0.2) is 36.2 Å². The van der Waals surface area contributed by atoms with Crippen LogP contribution in [0.5, 0.6) is 0 Å². The number of alkyl halides is 6. The van der Waals surface area contributed by atoms with Gasteiger partial charge in [0.2, 0.25) is 0 Å². The monoisotopic (exact) mass is 398 g/mol. The average molecular weight is 398 g/mol. The van der Waals surface area contributed by atoms with Crippen LogP contribution in [0.25, 0.3) is 0 Å². The van der Waals surface area contributed by atoms with E-state index in [1.807, 2.05) is 0 Å². The number of benzene rings is 1. The Morgan fingerprint density at radius 2 is 1.56 bits per heavy atom. The molecule has 0 radical (unpaired) electrons. The van der Waals surface area contributed by atoms with Gasteiger partial charge in [0.25, 0.3) is 0 Å². The lowest BCUT2D eigenvalue weighted by Crippen LogP contribution is -2.49. The number of rotatable bonds is 1. The quantitative estimate of drug-likeness (QED) is 0.703. The van der Waals surface area contributed by atoms with Crippen LogP contribution in [0.2, 0.25) is 0 Å². The number of amides is 1. The number of hydrogen-bond acceptors (Lipinski definition) is 3. The van der Waals surface area contributed by atoms with Crippen molar-refractivity contribution in [1.29, 1.82) is 0 Å². The summed E-state index contributed by atoms with van der Waals surface area (Å²) in [6, 6.07) is 0.546. The Morgan fingerprint density at radius 3 is 2.00 bits per heavy atom. The maximum Gasteiger partial charge on any atom is 0.416 e. The van der Waals surface area contributed by atoms with E-state index in [4.69, 9.17) is 4.74 Å². The summed E-state index contributed by atoms with van der Waals surface area (Å²) in [5.74, 6) is 0. The van der Waals surface area contributed by atoms with E-state index in [2.05, 4.69) is 5.32 Å². The van der Waals surface area contributed by atoms with Gasteiger partial charge >= 0.3 is 18.4 Å². The van der Waals surface area contributed by atoms with Crippen molar-refractivity contribution >= 4 is 6.09 Å². The zero-order valence-electron chi connectivity index (χ0n) is 15.0. The topological polar surface area (TPSA) is 41.6 Å². The molecule has 1 heterocycles. The van der Waals surface area contributed by atoms with Crippen molar-refractivity contribution in [2.45, 2.75) is 44.8 Å². The van der Waals surface area contributed by atoms with Crippen LogP contribution < -0.4 is 5.32 Å². The maximum absolute atomic E-state index is 13.0. The Bertz CT molecular complexity index is 662. The number of carbonyl (C=O) groups excluding carboxylic acids is 1. The minimum Gasteiger partial charge on any atom is -0.444 e. The molecule has 27 heavy (non-hydrogen) atoms. The molecule has 152 valence electrons. The summed E-state index contributed by atoms with van der Waals surface area (Å²) in [4.78, 5) is 13.4. The zero-order chi connectivity index (χ0) is 20.6. The molecule has 1 atom stereocenters. The fraction of sp³-hybridized carbons (Fsp3) is 0.588. The van der Waals surface area contributed by atoms with Crippen molar-refractivity contribution in [2.24, 2.45) is 0 Å². The lowest BCUT2D eigenvalue weighted by atomic mass is 9.98. The van der Waals surface area contributed by atoms with Crippen LogP contribution >= 0.6 is 0 Å². The van der Waals surface area contributed by atoms with Crippen LogP contribution in [0, 0.1) is 0 Å². The van der Waals surface area contributed by atoms with Crippen molar-refractivity contribution in [3.63, 3.8) is 0 Å². The van der Waals surface area contributed by atoms with Crippen molar-refractivity contribution < 1.29 is 35.9 Å². The van der Waals surface area contributed by atoms with Crippen molar-refractivity contribution in [3.8, 4) is 0 Å². The lowest BCUT2D eigenvalue weighted by Gasteiger charge is -2.35. The number of hydrogen-bond donors (Lipinski definition) is 1.